The van der Waals surface area contributed by atoms with E-state index in [0.717, 1.165) is 0 Å². The molecule has 0 N–H and O–H groups in total. The van der Waals surface area contributed by atoms with Gasteiger partial charge in [0.15, 0.2) is 5.75 Å². The number of aryl methyl sites for hydroxylation is 2. The molecule has 17 heavy (non-hydrogen) atoms. The lowest BCUT2D eigenvalue weighted by Gasteiger charge is -2.04. The molecule has 0 bridgehead atoms. The number of hydrogen-bond acceptors (Lipinski definition) is 6. The van der Waals surface area contributed by atoms with Gasteiger partial charge in [-0.25, -0.2) is 18.4 Å². The zero-order valence-corrected chi connectivity index (χ0v) is 10.7. The molecule has 0 unspecified atom stereocenters. The van der Waals surface area contributed by atoms with Gasteiger partial charge in [0.25, 0.3) is 0 Å². The third-order valence-corrected chi connectivity index (χ3v) is 3.21. The van der Waals surface area contributed by atoms with Crippen molar-refractivity contribution in [1.82, 2.24) is 9.97 Å². The predicted octanol–water partition coefficient (Wildman–Crippen LogP) is 0.430. The maximum Gasteiger partial charge on any atom is 0.321 e. The lowest BCUT2D eigenvalue weighted by atomic mass is 10.4. The van der Waals surface area contributed by atoms with Gasteiger partial charge in [-0.3, -0.25) is 4.79 Å². The molecule has 0 radical (unpaired) electrons. The Bertz CT molecular complexity index is 505. The smallest absolute Gasteiger partial charge is 0.321 e. The lowest BCUT2D eigenvalue weighted by molar-refractivity contribution is -0.139. The van der Waals surface area contributed by atoms with Crippen LogP contribution in [0, 0.1) is 13.8 Å². The van der Waals surface area contributed by atoms with Gasteiger partial charge in [0.1, 0.15) is 0 Å². The van der Waals surface area contributed by atoms with E-state index in [4.69, 9.17) is 0 Å². The molecule has 0 amide bonds. The maximum atomic E-state index is 11.8. The van der Waals surface area contributed by atoms with Crippen LogP contribution in [0.4, 0.5) is 0 Å². The number of ether oxygens (including phenoxy) is 1. The van der Waals surface area contributed by atoms with Crippen molar-refractivity contribution in [2.45, 2.75) is 25.9 Å². The normalized spacial score (nSPS) is 11.2. The van der Waals surface area contributed by atoms with Crippen molar-refractivity contribution in [1.29, 1.82) is 0 Å². The van der Waals surface area contributed by atoms with Crippen LogP contribution in [0.15, 0.2) is 11.2 Å². The zero-order valence-electron chi connectivity index (χ0n) is 9.93. The van der Waals surface area contributed by atoms with Crippen molar-refractivity contribution >= 4 is 15.8 Å². The molecule has 0 saturated carbocycles. The second-order valence-electron chi connectivity index (χ2n) is 3.50. The highest BCUT2D eigenvalue weighted by Gasteiger charge is 2.23. The minimum Gasteiger partial charge on any atom is -0.465 e. The molecule has 0 fully saturated rings. The van der Waals surface area contributed by atoms with Crippen LogP contribution < -0.4 is 0 Å². The topological polar surface area (TPSA) is 86.2 Å². The van der Waals surface area contributed by atoms with Crippen LogP contribution in [0.2, 0.25) is 0 Å². The van der Waals surface area contributed by atoms with Crippen molar-refractivity contribution in [2.75, 3.05) is 12.4 Å². The molecule has 1 heterocycles. The molecule has 6 nitrogen and oxygen atoms in total. The van der Waals surface area contributed by atoms with Gasteiger partial charge in [-0.15, -0.1) is 0 Å². The van der Waals surface area contributed by atoms with E-state index in [1.807, 2.05) is 0 Å². The van der Waals surface area contributed by atoms with Gasteiger partial charge in [-0.05, 0) is 26.8 Å². The Balaban J connectivity index is 3.01. The third kappa shape index (κ3) is 3.77. The Hall–Kier alpha value is -1.50. The van der Waals surface area contributed by atoms with Gasteiger partial charge in [0.2, 0.25) is 15.0 Å². The van der Waals surface area contributed by atoms with Gasteiger partial charge in [0.05, 0.1) is 6.61 Å². The highest BCUT2D eigenvalue weighted by Crippen LogP contribution is 2.08. The van der Waals surface area contributed by atoms with E-state index in [-0.39, 0.29) is 11.8 Å². The molecule has 0 aliphatic heterocycles. The van der Waals surface area contributed by atoms with Gasteiger partial charge >= 0.3 is 5.97 Å². The molecule has 94 valence electrons. The number of carbonyl (C=O) groups excluding carboxylic acids is 1. The molecule has 0 saturated heterocycles. The van der Waals surface area contributed by atoms with Crippen LogP contribution in [0.3, 0.4) is 0 Å². The largest absolute Gasteiger partial charge is 0.465 e. The van der Waals surface area contributed by atoms with Crippen LogP contribution in [-0.2, 0) is 19.4 Å². The summed E-state index contributed by atoms with van der Waals surface area (Å²) in [6, 6.07) is 1.66. The standard InChI is InChI=1S/C10H14N2O4S/c1-4-16-9(13)6-17(14,15)10-11-7(2)5-8(3)12-10/h5H,4,6H2,1-3H3. The SMILES string of the molecule is CCOC(=O)CS(=O)(=O)c1nc(C)cc(C)n1. The molecule has 0 aliphatic rings. The number of aromatic nitrogens is 2. The van der Waals surface area contributed by atoms with Crippen LogP contribution >= 0.6 is 0 Å². The van der Waals surface area contributed by atoms with Crippen LogP contribution in [0.25, 0.3) is 0 Å². The van der Waals surface area contributed by atoms with Crippen molar-refractivity contribution in [3.63, 3.8) is 0 Å². The maximum absolute atomic E-state index is 11.8. The fourth-order valence-electron chi connectivity index (χ4n) is 1.26. The first kappa shape index (κ1) is 13.6. The summed E-state index contributed by atoms with van der Waals surface area (Å²) in [5.74, 6) is -1.53. The first-order valence-electron chi connectivity index (χ1n) is 5.06. The summed E-state index contributed by atoms with van der Waals surface area (Å²) in [4.78, 5) is 18.8. The first-order valence-corrected chi connectivity index (χ1v) is 6.71. The third-order valence-electron chi connectivity index (χ3n) is 1.85. The molecule has 0 aromatic carbocycles. The van der Waals surface area contributed by atoms with Crippen LogP contribution in [0.5, 0.6) is 0 Å². The van der Waals surface area contributed by atoms with E-state index < -0.39 is 21.6 Å². The van der Waals surface area contributed by atoms with E-state index in [0.29, 0.717) is 11.4 Å². The molecule has 1 aromatic heterocycles. The summed E-state index contributed by atoms with van der Waals surface area (Å²) in [6.45, 7) is 5.08. The molecule has 0 spiro atoms. The Morgan fingerprint density at radius 1 is 1.29 bits per heavy atom. The van der Waals surface area contributed by atoms with Gasteiger partial charge in [-0.1, -0.05) is 0 Å². The minimum atomic E-state index is -3.82. The zero-order chi connectivity index (χ0) is 13.1. The number of sulfone groups is 1. The van der Waals surface area contributed by atoms with Crippen molar-refractivity contribution < 1.29 is 17.9 Å². The van der Waals surface area contributed by atoms with E-state index in [1.165, 1.54) is 0 Å². The monoisotopic (exact) mass is 258 g/mol. The van der Waals surface area contributed by atoms with Crippen molar-refractivity contribution in [2.24, 2.45) is 0 Å². The van der Waals surface area contributed by atoms with Crippen LogP contribution in [-0.4, -0.2) is 36.7 Å². The number of rotatable bonds is 4. The van der Waals surface area contributed by atoms with Crippen LogP contribution in [0.1, 0.15) is 18.3 Å². The molecule has 0 aliphatic carbocycles. The fourth-order valence-corrected chi connectivity index (χ4v) is 2.34. The molecular formula is C10H14N2O4S. The Kier molecular flexibility index (Phi) is 4.17. The molecule has 7 heteroatoms. The average Bonchev–Trinajstić information content (AvgIpc) is 2.15. The summed E-state index contributed by atoms with van der Waals surface area (Å²) in [7, 11) is -3.82. The average molecular weight is 258 g/mol. The fraction of sp³-hybridized carbons (Fsp3) is 0.500. The molecule has 1 aromatic rings. The number of esters is 1. The minimum absolute atomic E-state index is 0.141. The summed E-state index contributed by atoms with van der Waals surface area (Å²) in [5.41, 5.74) is 1.08. The van der Waals surface area contributed by atoms with Crippen molar-refractivity contribution in [3.05, 3.63) is 17.5 Å². The van der Waals surface area contributed by atoms with Gasteiger partial charge < -0.3 is 4.74 Å². The number of nitrogens with zero attached hydrogens (tertiary/aromatic N) is 2. The lowest BCUT2D eigenvalue weighted by Crippen LogP contribution is -2.21. The molecule has 1 rings (SSSR count). The van der Waals surface area contributed by atoms with E-state index in [9.17, 15) is 13.2 Å². The van der Waals surface area contributed by atoms with Crippen molar-refractivity contribution in [3.8, 4) is 0 Å². The summed E-state index contributed by atoms with van der Waals surface area (Å²) in [6.07, 6.45) is 0. The highest BCUT2D eigenvalue weighted by molar-refractivity contribution is 7.91. The summed E-state index contributed by atoms with van der Waals surface area (Å²) < 4.78 is 28.2. The van der Waals surface area contributed by atoms with E-state index >= 15 is 0 Å². The first-order chi connectivity index (χ1) is 7.85. The second-order valence-corrected chi connectivity index (χ2v) is 5.38. The quantitative estimate of drug-likeness (QED) is 0.575. The van der Waals surface area contributed by atoms with E-state index in [1.54, 1.807) is 26.8 Å². The number of carbonyl (C=O) groups is 1. The van der Waals surface area contributed by atoms with E-state index in [2.05, 4.69) is 14.7 Å². The Morgan fingerprint density at radius 2 is 1.82 bits per heavy atom. The van der Waals surface area contributed by atoms with Gasteiger partial charge in [0, 0.05) is 11.4 Å². The summed E-state index contributed by atoms with van der Waals surface area (Å²) in [5, 5.41) is -0.331. The van der Waals surface area contributed by atoms with Gasteiger partial charge in [-0.2, -0.15) is 0 Å². The molecular weight excluding hydrogens is 244 g/mol. The predicted molar refractivity (Wildman–Crippen MR) is 60.2 cm³/mol. The highest BCUT2D eigenvalue weighted by atomic mass is 32.2. The second kappa shape index (κ2) is 5.22. The Morgan fingerprint density at radius 3 is 2.29 bits per heavy atom. The number of hydrogen-bond donors (Lipinski definition) is 0. The Labute approximate surface area is 100.0 Å². The molecule has 0 atom stereocenters. The summed E-state index contributed by atoms with van der Waals surface area (Å²) >= 11 is 0.